The van der Waals surface area contributed by atoms with Crippen molar-refractivity contribution in [2.45, 2.75) is 88.4 Å². The number of para-hydroxylation sites is 2. The molecule has 1 saturated heterocycles. The molecule has 7 bridgehead atoms. The number of piperidine rings is 1. The minimum Gasteiger partial charge on any atom is -0.461 e. The van der Waals surface area contributed by atoms with Crippen molar-refractivity contribution in [1.29, 1.82) is 0 Å². The summed E-state index contributed by atoms with van der Waals surface area (Å²) < 4.78 is 18.7. The van der Waals surface area contributed by atoms with Gasteiger partial charge >= 0.3 is 5.97 Å². The molecule has 286 valence electrons. The number of hydrogen-bond acceptors (Lipinski definition) is 10. The van der Waals surface area contributed by atoms with E-state index in [9.17, 15) is 29.7 Å². The molecule has 2 aromatic rings. The standard InChI is InChI=1S/C41H53N3O9/c1-6-44-20-39(16-15-31(52-5)41-25-17-24-29(51-4)19-40(50,32(25)33(24)45)26(34(41)44)18-30(39)41)21-53-36(47)23-12-8-10-14-28(23)42-35(46)22-11-7-9-13-27(22)43-37(48)38(2,3)49/h7-14,24-26,29-34,45,49-50H,6,15-21H2,1-5H3,(H,42,46)(H,43,48)/t24?,25-,26?,29+,30-,31+,32-,33+,34?,39+,40+,41?/m1/s1. The summed E-state index contributed by atoms with van der Waals surface area (Å²) in [4.78, 5) is 42.7. The summed E-state index contributed by atoms with van der Waals surface area (Å²) >= 11 is 0. The van der Waals surface area contributed by atoms with E-state index in [0.29, 0.717) is 6.42 Å². The van der Waals surface area contributed by atoms with Crippen LogP contribution in [0.15, 0.2) is 48.5 Å². The lowest BCUT2D eigenvalue weighted by molar-refractivity contribution is -0.275. The van der Waals surface area contributed by atoms with Crippen LogP contribution in [0, 0.1) is 40.4 Å². The molecule has 6 fully saturated rings. The first-order valence-electron chi connectivity index (χ1n) is 19.2. The Morgan fingerprint density at radius 1 is 0.962 bits per heavy atom. The number of nitrogens with one attached hydrogen (secondary N) is 2. The highest BCUT2D eigenvalue weighted by atomic mass is 16.5. The lowest BCUT2D eigenvalue weighted by atomic mass is 9.43. The molecule has 2 aromatic carbocycles. The molecule has 5 aliphatic carbocycles. The number of anilines is 2. The normalized spacial score (nSPS) is 39.4. The zero-order valence-corrected chi connectivity index (χ0v) is 31.2. The second-order valence-electron chi connectivity index (χ2n) is 17.2. The van der Waals surface area contributed by atoms with Crippen LogP contribution in [0.5, 0.6) is 0 Å². The fourth-order valence-corrected chi connectivity index (χ4v) is 12.7. The third-order valence-electron chi connectivity index (χ3n) is 14.6. The molecule has 53 heavy (non-hydrogen) atoms. The van der Waals surface area contributed by atoms with Gasteiger partial charge in [-0.25, -0.2) is 4.79 Å². The highest BCUT2D eigenvalue weighted by molar-refractivity contribution is 6.12. The number of fused-ring (bicyclic) bond motifs is 2. The van der Waals surface area contributed by atoms with Crippen LogP contribution < -0.4 is 10.6 Å². The van der Waals surface area contributed by atoms with Gasteiger partial charge in [-0.15, -0.1) is 0 Å². The molecule has 5 N–H and O–H groups in total. The van der Waals surface area contributed by atoms with Crippen LogP contribution in [-0.4, -0.2) is 107 Å². The summed E-state index contributed by atoms with van der Waals surface area (Å²) in [6.07, 6.45) is 2.79. The molecule has 12 nitrogen and oxygen atoms in total. The highest BCUT2D eigenvalue weighted by Crippen LogP contribution is 2.79. The number of hydrogen-bond donors (Lipinski definition) is 5. The van der Waals surface area contributed by atoms with Crippen molar-refractivity contribution in [2.75, 3.05) is 44.5 Å². The molecular weight excluding hydrogens is 678 g/mol. The quantitative estimate of drug-likeness (QED) is 0.228. The molecular formula is C41H53N3O9. The Balaban J connectivity index is 1.07. The summed E-state index contributed by atoms with van der Waals surface area (Å²) in [5.74, 6) is -1.95. The molecule has 4 unspecified atom stereocenters. The van der Waals surface area contributed by atoms with Crippen molar-refractivity contribution >= 4 is 29.2 Å². The van der Waals surface area contributed by atoms with Gasteiger partial charge < -0.3 is 40.2 Å². The van der Waals surface area contributed by atoms with Crippen molar-refractivity contribution in [3.8, 4) is 0 Å². The van der Waals surface area contributed by atoms with Gasteiger partial charge in [-0.05, 0) is 82.2 Å². The molecule has 1 aliphatic heterocycles. The zero-order chi connectivity index (χ0) is 37.7. The number of aliphatic hydroxyl groups is 3. The van der Waals surface area contributed by atoms with Gasteiger partial charge in [0.25, 0.3) is 11.8 Å². The number of methoxy groups -OCH3 is 2. The molecule has 12 heteroatoms. The van der Waals surface area contributed by atoms with E-state index >= 15 is 0 Å². The van der Waals surface area contributed by atoms with Crippen molar-refractivity contribution in [2.24, 2.45) is 40.4 Å². The first-order valence-corrected chi connectivity index (χ1v) is 19.2. The van der Waals surface area contributed by atoms with E-state index in [1.54, 1.807) is 62.8 Å². The van der Waals surface area contributed by atoms with Crippen molar-refractivity contribution in [3.63, 3.8) is 0 Å². The fraction of sp³-hybridized carbons (Fsp3) is 0.634. The molecule has 0 radical (unpaired) electrons. The third-order valence-corrected chi connectivity index (χ3v) is 14.6. The highest BCUT2D eigenvalue weighted by Gasteiger charge is 2.83. The molecule has 6 aliphatic rings. The Kier molecular flexibility index (Phi) is 8.87. The summed E-state index contributed by atoms with van der Waals surface area (Å²) in [6, 6.07) is 13.3. The minimum absolute atomic E-state index is 0.0390. The largest absolute Gasteiger partial charge is 0.461 e. The van der Waals surface area contributed by atoms with E-state index in [1.165, 1.54) is 13.8 Å². The minimum atomic E-state index is -1.65. The van der Waals surface area contributed by atoms with Crippen LogP contribution >= 0.6 is 0 Å². The van der Waals surface area contributed by atoms with Gasteiger partial charge in [0.1, 0.15) is 5.60 Å². The van der Waals surface area contributed by atoms with Gasteiger partial charge in [-0.3, -0.25) is 14.5 Å². The molecule has 12 atom stereocenters. The van der Waals surface area contributed by atoms with E-state index in [2.05, 4.69) is 22.5 Å². The Morgan fingerprint density at radius 3 is 2.30 bits per heavy atom. The van der Waals surface area contributed by atoms with Gasteiger partial charge in [0, 0.05) is 61.8 Å². The Bertz CT molecular complexity index is 1800. The monoisotopic (exact) mass is 731 g/mol. The molecule has 1 heterocycles. The summed E-state index contributed by atoms with van der Waals surface area (Å²) in [7, 11) is 3.49. The predicted molar refractivity (Wildman–Crippen MR) is 195 cm³/mol. The number of ether oxygens (including phenoxy) is 3. The van der Waals surface area contributed by atoms with E-state index in [-0.39, 0.29) is 87.8 Å². The number of amides is 2. The maximum atomic E-state index is 14.1. The second-order valence-corrected chi connectivity index (χ2v) is 17.2. The molecule has 2 amide bonds. The number of carbonyl (C=O) groups is 3. The van der Waals surface area contributed by atoms with Gasteiger partial charge in [0.05, 0.1) is 53.0 Å². The van der Waals surface area contributed by atoms with E-state index in [1.807, 2.05) is 0 Å². The Labute approximate surface area is 310 Å². The first kappa shape index (κ1) is 36.6. The SMILES string of the molecule is CCN1C[C@]2(COC(=O)c3ccccc3NC(=O)c3ccccc3NC(=O)C(C)(C)O)CC[C@H](OC)C34C1C(C[C@@H]32)[C@@]1(O)C[C@H](OC)C2C[C@@H]4[C@@H]1[C@H]2O. The lowest BCUT2D eigenvalue weighted by Crippen LogP contribution is -2.76. The van der Waals surface area contributed by atoms with Crippen molar-refractivity contribution < 1.29 is 43.9 Å². The molecule has 0 aromatic heterocycles. The first-order chi connectivity index (χ1) is 25.2. The van der Waals surface area contributed by atoms with E-state index in [4.69, 9.17) is 14.2 Å². The number of rotatable bonds is 10. The lowest BCUT2D eigenvalue weighted by Gasteiger charge is -2.69. The topological polar surface area (TPSA) is 167 Å². The second kappa shape index (κ2) is 12.8. The fourth-order valence-electron chi connectivity index (χ4n) is 12.7. The Morgan fingerprint density at radius 2 is 1.64 bits per heavy atom. The predicted octanol–water partition coefficient (Wildman–Crippen LogP) is 3.70. The van der Waals surface area contributed by atoms with E-state index in [0.717, 1.165) is 38.8 Å². The van der Waals surface area contributed by atoms with Crippen LogP contribution in [0.4, 0.5) is 11.4 Å². The Hall–Kier alpha value is -3.39. The van der Waals surface area contributed by atoms with Gasteiger partial charge in [0.2, 0.25) is 0 Å². The van der Waals surface area contributed by atoms with Gasteiger partial charge in [0.15, 0.2) is 0 Å². The van der Waals surface area contributed by atoms with Crippen molar-refractivity contribution in [1.82, 2.24) is 4.90 Å². The zero-order valence-electron chi connectivity index (χ0n) is 31.2. The number of nitrogens with zero attached hydrogens (tertiary/aromatic N) is 1. The van der Waals surface area contributed by atoms with Gasteiger partial charge in [-0.2, -0.15) is 0 Å². The summed E-state index contributed by atoms with van der Waals surface area (Å²) in [6.45, 7) is 6.58. The van der Waals surface area contributed by atoms with E-state index < -0.39 is 35.1 Å². The number of likely N-dealkylation sites (tertiary alicyclic amines) is 1. The number of esters is 1. The van der Waals surface area contributed by atoms with Crippen LogP contribution in [0.3, 0.4) is 0 Å². The summed E-state index contributed by atoms with van der Waals surface area (Å²) in [5.41, 5.74) is -2.55. The average Bonchev–Trinajstić information content (AvgIpc) is 3.56. The maximum Gasteiger partial charge on any atom is 0.340 e. The smallest absolute Gasteiger partial charge is 0.340 e. The van der Waals surface area contributed by atoms with Crippen LogP contribution in [0.2, 0.25) is 0 Å². The number of carbonyl (C=O) groups excluding carboxylic acids is 3. The van der Waals surface area contributed by atoms with Crippen LogP contribution in [0.25, 0.3) is 0 Å². The number of benzene rings is 2. The molecule has 5 saturated carbocycles. The number of aliphatic hydroxyl groups excluding tert-OH is 1. The third kappa shape index (κ3) is 5.19. The van der Waals surface area contributed by atoms with Gasteiger partial charge in [-0.1, -0.05) is 31.2 Å². The summed E-state index contributed by atoms with van der Waals surface area (Å²) in [5, 5.41) is 40.1. The van der Waals surface area contributed by atoms with Crippen LogP contribution in [-0.2, 0) is 19.0 Å². The molecule has 8 rings (SSSR count). The van der Waals surface area contributed by atoms with Crippen molar-refractivity contribution in [3.05, 3.63) is 59.7 Å². The average molecular weight is 732 g/mol. The molecule has 1 spiro atoms. The maximum absolute atomic E-state index is 14.1. The van der Waals surface area contributed by atoms with Crippen LogP contribution in [0.1, 0.15) is 73.6 Å².